The Kier molecular flexibility index (Phi) is 8.54. The number of carbonyl (C=O) groups excluding carboxylic acids is 2. The third kappa shape index (κ3) is 6.55. The van der Waals surface area contributed by atoms with Crippen molar-refractivity contribution in [2.75, 3.05) is 19.6 Å². The highest BCUT2D eigenvalue weighted by Gasteiger charge is 2.35. The molecule has 4 nitrogen and oxygen atoms in total. The molecular weight excluding hydrogens is 521 g/mol. The lowest BCUT2D eigenvalue weighted by Crippen LogP contribution is -2.47. The quantitative estimate of drug-likeness (QED) is 0.303. The molecule has 0 radical (unpaired) electrons. The molecule has 0 saturated carbocycles. The molecule has 4 rings (SSSR count). The first-order valence-corrected chi connectivity index (χ1v) is 14.2. The number of unbranched alkanes of at least 4 members (excludes halogenated alkanes) is 1. The smallest absolute Gasteiger partial charge is 0.330 e. The fraction of sp³-hybridized carbons (Fsp3) is 0.419. The van der Waals surface area contributed by atoms with E-state index in [1.807, 2.05) is 11.8 Å². The van der Waals surface area contributed by atoms with Gasteiger partial charge >= 0.3 is 6.18 Å². The molecule has 0 fully saturated rings. The summed E-state index contributed by atoms with van der Waals surface area (Å²) in [5, 5.41) is 2.05. The summed E-state index contributed by atoms with van der Waals surface area (Å²) in [5.41, 5.74) is 2.67. The van der Waals surface area contributed by atoms with Gasteiger partial charge in [-0.1, -0.05) is 58.4 Å². The van der Waals surface area contributed by atoms with Gasteiger partial charge in [-0.05, 0) is 70.7 Å². The van der Waals surface area contributed by atoms with Crippen molar-refractivity contribution in [3.63, 3.8) is 0 Å². The van der Waals surface area contributed by atoms with Crippen LogP contribution in [0.3, 0.4) is 0 Å². The van der Waals surface area contributed by atoms with E-state index in [2.05, 4.69) is 56.5 Å². The fourth-order valence-corrected chi connectivity index (χ4v) is 5.85. The monoisotopic (exact) mass is 556 g/mol. The lowest BCUT2D eigenvalue weighted by Gasteiger charge is -2.38. The number of carbonyl (C=O) groups is 2. The van der Waals surface area contributed by atoms with E-state index in [0.717, 1.165) is 36.1 Å². The van der Waals surface area contributed by atoms with E-state index < -0.39 is 17.6 Å². The van der Waals surface area contributed by atoms with Crippen molar-refractivity contribution in [1.82, 2.24) is 9.80 Å². The number of alkyl halides is 3. The molecule has 0 aliphatic carbocycles. The Labute approximate surface area is 232 Å². The molecule has 0 bridgehead atoms. The molecule has 1 unspecified atom stereocenters. The summed E-state index contributed by atoms with van der Waals surface area (Å²) in [7, 11) is 0. The number of rotatable bonds is 7. The Morgan fingerprint density at radius 2 is 1.62 bits per heavy atom. The minimum atomic E-state index is -4.48. The van der Waals surface area contributed by atoms with Crippen LogP contribution in [0.1, 0.15) is 84.1 Å². The first kappa shape index (κ1) is 28.9. The van der Waals surface area contributed by atoms with Gasteiger partial charge in [0.1, 0.15) is 6.54 Å². The second-order valence-electron chi connectivity index (χ2n) is 11.1. The van der Waals surface area contributed by atoms with Crippen molar-refractivity contribution in [2.24, 2.45) is 0 Å². The third-order valence-electron chi connectivity index (χ3n) is 7.23. The van der Waals surface area contributed by atoms with Gasteiger partial charge in [-0.25, -0.2) is 0 Å². The van der Waals surface area contributed by atoms with Gasteiger partial charge in [0.05, 0.1) is 11.6 Å². The average molecular weight is 557 g/mol. The van der Waals surface area contributed by atoms with Crippen molar-refractivity contribution in [3.8, 4) is 0 Å². The summed E-state index contributed by atoms with van der Waals surface area (Å²) < 4.78 is 39.1. The average Bonchev–Trinajstić information content (AvgIpc) is 3.38. The van der Waals surface area contributed by atoms with Crippen LogP contribution in [0.15, 0.2) is 60.0 Å². The summed E-state index contributed by atoms with van der Waals surface area (Å²) in [6.07, 6.45) is -2.23. The highest BCUT2D eigenvalue weighted by atomic mass is 32.1. The van der Waals surface area contributed by atoms with Crippen LogP contribution in [0.2, 0.25) is 0 Å². The molecule has 0 spiro atoms. The van der Waals surface area contributed by atoms with E-state index in [0.29, 0.717) is 19.5 Å². The van der Waals surface area contributed by atoms with Crippen LogP contribution in [0, 0.1) is 0 Å². The number of benzene rings is 2. The van der Waals surface area contributed by atoms with Gasteiger partial charge in [0.15, 0.2) is 0 Å². The van der Waals surface area contributed by atoms with Crippen LogP contribution in [0.25, 0.3) is 0 Å². The minimum absolute atomic E-state index is 0.00653. The Balaban J connectivity index is 1.60. The van der Waals surface area contributed by atoms with Gasteiger partial charge < -0.3 is 9.80 Å². The molecular formula is C31H35F3N2O2S. The molecule has 1 aliphatic rings. The molecule has 1 aliphatic heterocycles. The number of amides is 2. The Hall–Kier alpha value is -3.13. The molecule has 0 saturated heterocycles. The van der Waals surface area contributed by atoms with Crippen LogP contribution in [-0.2, 0) is 22.8 Å². The zero-order chi connectivity index (χ0) is 28.4. The van der Waals surface area contributed by atoms with Gasteiger partial charge in [-0.15, -0.1) is 11.3 Å². The van der Waals surface area contributed by atoms with Crippen LogP contribution < -0.4 is 0 Å². The number of thiophene rings is 1. The summed E-state index contributed by atoms with van der Waals surface area (Å²) in [6.45, 7) is 9.23. The summed E-state index contributed by atoms with van der Waals surface area (Å²) >= 11 is 1.69. The highest BCUT2D eigenvalue weighted by molar-refractivity contribution is 7.10. The fourth-order valence-electron chi connectivity index (χ4n) is 4.95. The number of nitrogens with zero attached hydrogens (tertiary/aromatic N) is 2. The molecule has 2 heterocycles. The van der Waals surface area contributed by atoms with Crippen molar-refractivity contribution < 1.29 is 22.8 Å². The molecule has 208 valence electrons. The van der Waals surface area contributed by atoms with E-state index in [-0.39, 0.29) is 29.5 Å². The molecule has 2 amide bonds. The van der Waals surface area contributed by atoms with Gasteiger partial charge in [0, 0.05) is 23.5 Å². The maximum atomic E-state index is 13.8. The molecule has 1 aromatic heterocycles. The molecule has 3 aromatic rings. The molecule has 39 heavy (non-hydrogen) atoms. The van der Waals surface area contributed by atoms with E-state index in [9.17, 15) is 22.8 Å². The van der Waals surface area contributed by atoms with Crippen LogP contribution in [0.4, 0.5) is 13.2 Å². The lowest BCUT2D eigenvalue weighted by molar-refractivity contribution is -0.137. The van der Waals surface area contributed by atoms with Crippen LogP contribution in [0.5, 0.6) is 0 Å². The number of fused-ring (bicyclic) bond motifs is 1. The summed E-state index contributed by atoms with van der Waals surface area (Å²) in [4.78, 5) is 31.7. The topological polar surface area (TPSA) is 40.6 Å². The number of hydrogen-bond donors (Lipinski definition) is 0. The maximum Gasteiger partial charge on any atom is 0.416 e. The Bertz CT molecular complexity index is 1290. The zero-order valence-corrected chi connectivity index (χ0v) is 23.7. The third-order valence-corrected chi connectivity index (χ3v) is 8.23. The van der Waals surface area contributed by atoms with E-state index in [4.69, 9.17) is 0 Å². The second-order valence-corrected chi connectivity index (χ2v) is 12.1. The molecule has 2 aromatic carbocycles. The summed E-state index contributed by atoms with van der Waals surface area (Å²) in [6, 6.07) is 14.4. The van der Waals surface area contributed by atoms with E-state index in [1.165, 1.54) is 27.5 Å². The first-order valence-electron chi connectivity index (χ1n) is 13.3. The van der Waals surface area contributed by atoms with Crippen LogP contribution in [-0.4, -0.2) is 41.2 Å². The van der Waals surface area contributed by atoms with E-state index in [1.54, 1.807) is 11.3 Å². The van der Waals surface area contributed by atoms with Gasteiger partial charge in [0.2, 0.25) is 5.91 Å². The first-order chi connectivity index (χ1) is 18.4. The number of hydrogen-bond acceptors (Lipinski definition) is 3. The highest BCUT2D eigenvalue weighted by Crippen LogP contribution is 2.38. The van der Waals surface area contributed by atoms with Gasteiger partial charge in [-0.3, -0.25) is 9.59 Å². The van der Waals surface area contributed by atoms with Crippen molar-refractivity contribution in [1.29, 1.82) is 0 Å². The minimum Gasteiger partial charge on any atom is -0.330 e. The van der Waals surface area contributed by atoms with Crippen LogP contribution >= 0.6 is 11.3 Å². The lowest BCUT2D eigenvalue weighted by atomic mass is 9.85. The number of halogens is 3. The van der Waals surface area contributed by atoms with Crippen molar-refractivity contribution >= 4 is 23.2 Å². The maximum absolute atomic E-state index is 13.8. The molecule has 8 heteroatoms. The summed E-state index contributed by atoms with van der Waals surface area (Å²) in [5.74, 6) is -0.613. The van der Waals surface area contributed by atoms with Crippen molar-refractivity contribution in [2.45, 2.75) is 64.6 Å². The Morgan fingerprint density at radius 1 is 0.974 bits per heavy atom. The molecule has 0 N–H and O–H groups in total. The van der Waals surface area contributed by atoms with E-state index >= 15 is 0 Å². The normalized spacial score (nSPS) is 15.7. The van der Waals surface area contributed by atoms with Gasteiger partial charge in [0.25, 0.3) is 5.91 Å². The molecule has 1 atom stereocenters. The zero-order valence-electron chi connectivity index (χ0n) is 22.8. The van der Waals surface area contributed by atoms with Gasteiger partial charge in [-0.2, -0.15) is 13.2 Å². The Morgan fingerprint density at radius 3 is 2.21 bits per heavy atom. The van der Waals surface area contributed by atoms with Crippen molar-refractivity contribution in [3.05, 3.63) is 92.7 Å². The SMILES string of the molecule is CCCCN(CC(=O)N1CCc2sccc2C1c1ccc(C(C)(C)C)cc1)C(=O)c1ccc(C(F)(F)F)cc1. The standard InChI is InChI=1S/C31H35F3N2O2S/c1-5-6-17-35(29(38)22-9-13-24(14-10-22)31(32,33)34)20-27(37)36-18-15-26-25(16-19-39-26)28(36)21-7-11-23(12-8-21)30(2,3)4/h7-14,16,19,28H,5-6,15,17-18,20H2,1-4H3. The second kappa shape index (κ2) is 11.5. The predicted octanol–water partition coefficient (Wildman–Crippen LogP) is 7.48. The predicted molar refractivity (Wildman–Crippen MR) is 149 cm³/mol. The largest absolute Gasteiger partial charge is 0.416 e.